The summed E-state index contributed by atoms with van der Waals surface area (Å²) >= 11 is 0. The van der Waals surface area contributed by atoms with Crippen LogP contribution in [0.2, 0.25) is 0 Å². The zero-order valence-electron chi connectivity index (χ0n) is 12.0. The molecule has 6 nitrogen and oxygen atoms in total. The number of piperidine rings is 1. The summed E-state index contributed by atoms with van der Waals surface area (Å²) in [5.41, 5.74) is 7.98. The van der Waals surface area contributed by atoms with Gasteiger partial charge in [-0.05, 0) is 31.2 Å². The fourth-order valence-corrected chi connectivity index (χ4v) is 2.83. The quantitative estimate of drug-likeness (QED) is 0.896. The largest absolute Gasteiger partial charge is 0.368 e. The Kier molecular flexibility index (Phi) is 3.30. The van der Waals surface area contributed by atoms with Gasteiger partial charge in [0, 0.05) is 38.1 Å². The van der Waals surface area contributed by atoms with E-state index in [0.29, 0.717) is 11.9 Å². The molecule has 0 unspecified atom stereocenters. The van der Waals surface area contributed by atoms with Gasteiger partial charge in [-0.1, -0.05) is 0 Å². The van der Waals surface area contributed by atoms with Crippen molar-refractivity contribution < 1.29 is 0 Å². The Balaban J connectivity index is 1.69. The fraction of sp³-hybridized carbons (Fsp3) is 0.500. The summed E-state index contributed by atoms with van der Waals surface area (Å²) in [6, 6.07) is 2.00. The lowest BCUT2D eigenvalue weighted by Crippen LogP contribution is -2.33. The molecule has 0 spiro atoms. The van der Waals surface area contributed by atoms with Gasteiger partial charge in [0.15, 0.2) is 0 Å². The van der Waals surface area contributed by atoms with Gasteiger partial charge < -0.3 is 10.6 Å². The van der Waals surface area contributed by atoms with Crippen LogP contribution in [-0.2, 0) is 7.05 Å². The van der Waals surface area contributed by atoms with Crippen LogP contribution < -0.4 is 10.6 Å². The summed E-state index contributed by atoms with van der Waals surface area (Å²) in [5, 5.41) is 4.26. The van der Waals surface area contributed by atoms with E-state index in [0.717, 1.165) is 37.4 Å². The van der Waals surface area contributed by atoms with Crippen molar-refractivity contribution in [2.75, 3.05) is 23.7 Å². The molecule has 6 heteroatoms. The Morgan fingerprint density at radius 3 is 2.60 bits per heavy atom. The van der Waals surface area contributed by atoms with E-state index in [-0.39, 0.29) is 0 Å². The topological polar surface area (TPSA) is 72.9 Å². The van der Waals surface area contributed by atoms with Crippen molar-refractivity contribution in [2.45, 2.75) is 25.7 Å². The highest BCUT2D eigenvalue weighted by Crippen LogP contribution is 2.29. The predicted octanol–water partition coefficient (Wildman–Crippen LogP) is 1.48. The summed E-state index contributed by atoms with van der Waals surface area (Å²) in [6.45, 7) is 3.94. The van der Waals surface area contributed by atoms with Crippen LogP contribution in [0.3, 0.4) is 0 Å². The van der Waals surface area contributed by atoms with E-state index < -0.39 is 0 Å². The minimum Gasteiger partial charge on any atom is -0.368 e. The van der Waals surface area contributed by atoms with Crippen molar-refractivity contribution in [2.24, 2.45) is 7.05 Å². The molecular weight excluding hydrogens is 252 g/mol. The molecule has 2 aromatic heterocycles. The van der Waals surface area contributed by atoms with Crippen molar-refractivity contribution in [3.05, 3.63) is 29.7 Å². The number of nitrogen functional groups attached to an aromatic ring is 1. The molecule has 1 saturated heterocycles. The Morgan fingerprint density at radius 2 is 2.00 bits per heavy atom. The van der Waals surface area contributed by atoms with Crippen LogP contribution in [0.4, 0.5) is 11.8 Å². The maximum atomic E-state index is 5.73. The summed E-state index contributed by atoms with van der Waals surface area (Å²) in [5.74, 6) is 1.90. The van der Waals surface area contributed by atoms with Crippen LogP contribution >= 0.6 is 0 Å². The minimum absolute atomic E-state index is 0.356. The van der Waals surface area contributed by atoms with Gasteiger partial charge in [-0.15, -0.1) is 0 Å². The molecule has 2 N–H and O–H groups in total. The van der Waals surface area contributed by atoms with Crippen LogP contribution in [0.1, 0.15) is 30.0 Å². The Labute approximate surface area is 118 Å². The first-order valence-corrected chi connectivity index (χ1v) is 6.96. The number of nitrogens with two attached hydrogens (primary N) is 1. The van der Waals surface area contributed by atoms with Gasteiger partial charge in [-0.2, -0.15) is 10.1 Å². The molecule has 3 rings (SSSR count). The first kappa shape index (κ1) is 12.9. The molecule has 0 bridgehead atoms. The summed E-state index contributed by atoms with van der Waals surface area (Å²) in [4.78, 5) is 10.7. The molecule has 3 heterocycles. The van der Waals surface area contributed by atoms with Crippen molar-refractivity contribution in [3.63, 3.8) is 0 Å². The first-order chi connectivity index (χ1) is 9.61. The van der Waals surface area contributed by atoms with Gasteiger partial charge in [-0.3, -0.25) is 4.68 Å². The molecule has 1 aliphatic heterocycles. The first-order valence-electron chi connectivity index (χ1n) is 6.96. The average molecular weight is 272 g/mol. The molecule has 1 aliphatic rings. The molecule has 20 heavy (non-hydrogen) atoms. The van der Waals surface area contributed by atoms with Crippen LogP contribution in [0.15, 0.2) is 18.5 Å². The van der Waals surface area contributed by atoms with Crippen LogP contribution in [0.25, 0.3) is 0 Å². The number of rotatable bonds is 2. The Morgan fingerprint density at radius 1 is 1.25 bits per heavy atom. The third kappa shape index (κ3) is 2.59. The lowest BCUT2D eigenvalue weighted by molar-refractivity contribution is 0.502. The van der Waals surface area contributed by atoms with Crippen molar-refractivity contribution in [1.82, 2.24) is 19.7 Å². The molecule has 106 valence electrons. The normalized spacial score (nSPS) is 16.6. The molecule has 1 fully saturated rings. The number of anilines is 2. The van der Waals surface area contributed by atoms with E-state index in [1.54, 1.807) is 0 Å². The smallest absolute Gasteiger partial charge is 0.222 e. The Hall–Kier alpha value is -2.11. The van der Waals surface area contributed by atoms with Crippen molar-refractivity contribution in [3.8, 4) is 0 Å². The van der Waals surface area contributed by atoms with Gasteiger partial charge >= 0.3 is 0 Å². The summed E-state index contributed by atoms with van der Waals surface area (Å²) in [6.07, 6.45) is 6.34. The zero-order chi connectivity index (χ0) is 14.1. The third-order valence-corrected chi connectivity index (χ3v) is 3.87. The monoisotopic (exact) mass is 272 g/mol. The fourth-order valence-electron chi connectivity index (χ4n) is 2.83. The van der Waals surface area contributed by atoms with E-state index >= 15 is 0 Å². The van der Waals surface area contributed by atoms with Crippen LogP contribution in [0.5, 0.6) is 0 Å². The van der Waals surface area contributed by atoms with Gasteiger partial charge in [0.1, 0.15) is 5.82 Å². The molecule has 0 atom stereocenters. The van der Waals surface area contributed by atoms with E-state index in [2.05, 4.69) is 26.2 Å². The average Bonchev–Trinajstić information content (AvgIpc) is 2.84. The molecule has 2 aromatic rings. The lowest BCUT2D eigenvalue weighted by atomic mass is 9.91. The highest BCUT2D eigenvalue weighted by molar-refractivity contribution is 5.44. The van der Waals surface area contributed by atoms with E-state index in [1.807, 2.05) is 30.9 Å². The van der Waals surface area contributed by atoms with Crippen LogP contribution in [-0.4, -0.2) is 32.8 Å². The van der Waals surface area contributed by atoms with Crippen molar-refractivity contribution in [1.29, 1.82) is 0 Å². The third-order valence-electron chi connectivity index (χ3n) is 3.87. The van der Waals surface area contributed by atoms with Crippen LogP contribution in [0, 0.1) is 6.92 Å². The highest BCUT2D eigenvalue weighted by Gasteiger charge is 2.22. The predicted molar refractivity (Wildman–Crippen MR) is 78.6 cm³/mol. The van der Waals surface area contributed by atoms with Gasteiger partial charge in [0.2, 0.25) is 5.95 Å². The molecule has 0 radical (unpaired) electrons. The maximum absolute atomic E-state index is 5.73. The Bertz CT molecular complexity index is 577. The van der Waals surface area contributed by atoms with Gasteiger partial charge in [-0.25, -0.2) is 4.98 Å². The molecular formula is C14H20N6. The standard InChI is InChI=1S/C14H20N6/c1-10-7-13(18-14(15)17-10)20-5-3-11(4-6-20)12-8-16-19(2)9-12/h7-9,11H,3-6H2,1-2H3,(H2,15,17,18). The number of hydrogen-bond donors (Lipinski definition) is 1. The molecule has 0 aromatic carbocycles. The van der Waals surface area contributed by atoms with Gasteiger partial charge in [0.05, 0.1) is 6.20 Å². The molecule has 0 saturated carbocycles. The minimum atomic E-state index is 0.356. The number of aromatic nitrogens is 4. The van der Waals surface area contributed by atoms with E-state index in [4.69, 9.17) is 5.73 Å². The molecule has 0 amide bonds. The maximum Gasteiger partial charge on any atom is 0.222 e. The second kappa shape index (κ2) is 5.11. The molecule has 0 aliphatic carbocycles. The number of nitrogens with zero attached hydrogens (tertiary/aromatic N) is 5. The summed E-state index contributed by atoms with van der Waals surface area (Å²) < 4.78 is 1.87. The zero-order valence-corrected chi connectivity index (χ0v) is 12.0. The second-order valence-electron chi connectivity index (χ2n) is 5.43. The van der Waals surface area contributed by atoms with E-state index in [9.17, 15) is 0 Å². The number of hydrogen-bond acceptors (Lipinski definition) is 5. The van der Waals surface area contributed by atoms with Crippen molar-refractivity contribution >= 4 is 11.8 Å². The number of aryl methyl sites for hydroxylation is 2. The van der Waals surface area contributed by atoms with Gasteiger partial charge in [0.25, 0.3) is 0 Å². The SMILES string of the molecule is Cc1cc(N2CCC(c3cnn(C)c3)CC2)nc(N)n1. The highest BCUT2D eigenvalue weighted by atomic mass is 15.2. The second-order valence-corrected chi connectivity index (χ2v) is 5.43. The lowest BCUT2D eigenvalue weighted by Gasteiger charge is -2.32. The summed E-state index contributed by atoms with van der Waals surface area (Å²) in [7, 11) is 1.96. The van der Waals surface area contributed by atoms with E-state index in [1.165, 1.54) is 5.56 Å².